The number of anilines is 1. The minimum absolute atomic E-state index is 0.249. The lowest BCUT2D eigenvalue weighted by molar-refractivity contribution is 1.08. The third-order valence-electron chi connectivity index (χ3n) is 5.26. The van der Waals surface area contributed by atoms with Gasteiger partial charge in [0, 0.05) is 36.8 Å². The molecule has 1 aliphatic rings. The van der Waals surface area contributed by atoms with E-state index in [1.165, 1.54) is 22.3 Å². The van der Waals surface area contributed by atoms with Gasteiger partial charge in [-0.2, -0.15) is 0 Å². The first-order valence-corrected chi connectivity index (χ1v) is 8.72. The molecule has 2 aromatic carbocycles. The Hall–Kier alpha value is -2.61. The molecule has 128 valence electrons. The molecule has 0 saturated carbocycles. The second-order valence-corrected chi connectivity index (χ2v) is 7.02. The molecule has 0 atom stereocenters. The van der Waals surface area contributed by atoms with Crippen molar-refractivity contribution in [2.45, 2.75) is 26.7 Å². The maximum atomic E-state index is 8.95. The van der Waals surface area contributed by atoms with Gasteiger partial charge in [-0.15, -0.1) is 0 Å². The van der Waals surface area contributed by atoms with Crippen molar-refractivity contribution in [3.8, 4) is 0 Å². The van der Waals surface area contributed by atoms with Gasteiger partial charge < -0.3 is 4.90 Å². The Labute approximate surface area is 151 Å². The molecule has 1 aliphatic carbocycles. The lowest BCUT2D eigenvalue weighted by atomic mass is 9.87. The molecule has 0 amide bonds. The number of rotatable bonds is 4. The number of benzene rings is 2. The molecule has 0 saturated heterocycles. The Balaban J connectivity index is 2.15. The second kappa shape index (κ2) is 6.72. The van der Waals surface area contributed by atoms with Crippen LogP contribution in [0.4, 0.5) is 5.69 Å². The molecule has 0 fully saturated rings. The predicted octanol–water partition coefficient (Wildman–Crippen LogP) is 5.30. The van der Waals surface area contributed by atoms with Crippen molar-refractivity contribution < 1.29 is 0 Å². The number of allylic oxidation sites excluding steroid dienone is 4. The van der Waals surface area contributed by atoms with E-state index in [0.717, 1.165) is 16.8 Å². The zero-order valence-corrected chi connectivity index (χ0v) is 15.7. The molecule has 2 nitrogen and oxygen atoms in total. The summed E-state index contributed by atoms with van der Waals surface area (Å²) in [6.45, 7) is 6.39. The molecular formula is C23H26N2. The Kier molecular flexibility index (Phi) is 4.63. The highest BCUT2D eigenvalue weighted by molar-refractivity contribution is 6.13. The van der Waals surface area contributed by atoms with Crippen molar-refractivity contribution >= 4 is 11.4 Å². The van der Waals surface area contributed by atoms with Gasteiger partial charge in [-0.25, -0.2) is 0 Å². The van der Waals surface area contributed by atoms with E-state index in [1.807, 2.05) is 14.1 Å². The van der Waals surface area contributed by atoms with E-state index in [0.29, 0.717) is 5.71 Å². The van der Waals surface area contributed by atoms with E-state index in [9.17, 15) is 0 Å². The minimum Gasteiger partial charge on any atom is -0.378 e. The SMILES string of the molecule is Cc1ccc(C(=N)c2cc(N(C)C)ccc2C2C=CC=C2)c(C)c1C. The Morgan fingerprint density at radius 1 is 0.880 bits per heavy atom. The lowest BCUT2D eigenvalue weighted by Gasteiger charge is -2.20. The predicted molar refractivity (Wildman–Crippen MR) is 108 cm³/mol. The third-order valence-corrected chi connectivity index (χ3v) is 5.26. The second-order valence-electron chi connectivity index (χ2n) is 7.02. The quantitative estimate of drug-likeness (QED) is 0.756. The summed E-state index contributed by atoms with van der Waals surface area (Å²) < 4.78 is 0. The van der Waals surface area contributed by atoms with Gasteiger partial charge in [0.2, 0.25) is 0 Å². The summed E-state index contributed by atoms with van der Waals surface area (Å²) >= 11 is 0. The van der Waals surface area contributed by atoms with Crippen LogP contribution in [-0.4, -0.2) is 19.8 Å². The van der Waals surface area contributed by atoms with E-state index in [2.05, 4.69) is 80.3 Å². The fourth-order valence-corrected chi connectivity index (χ4v) is 3.34. The number of hydrogen-bond donors (Lipinski definition) is 1. The van der Waals surface area contributed by atoms with Crippen LogP contribution in [0.2, 0.25) is 0 Å². The van der Waals surface area contributed by atoms with Gasteiger partial charge in [-0.1, -0.05) is 42.5 Å². The summed E-state index contributed by atoms with van der Waals surface area (Å²) in [5, 5.41) is 8.95. The first-order valence-electron chi connectivity index (χ1n) is 8.72. The van der Waals surface area contributed by atoms with Crippen molar-refractivity contribution in [1.29, 1.82) is 5.41 Å². The molecular weight excluding hydrogens is 304 g/mol. The highest BCUT2D eigenvalue weighted by Gasteiger charge is 2.19. The van der Waals surface area contributed by atoms with E-state index in [1.54, 1.807) is 0 Å². The lowest BCUT2D eigenvalue weighted by Crippen LogP contribution is -2.13. The Morgan fingerprint density at radius 3 is 2.20 bits per heavy atom. The molecule has 25 heavy (non-hydrogen) atoms. The average Bonchev–Trinajstić information content (AvgIpc) is 3.13. The van der Waals surface area contributed by atoms with Crippen LogP contribution < -0.4 is 4.90 Å². The van der Waals surface area contributed by atoms with E-state index in [-0.39, 0.29) is 5.92 Å². The zero-order chi connectivity index (χ0) is 18.1. The summed E-state index contributed by atoms with van der Waals surface area (Å²) in [5.74, 6) is 0.249. The standard InChI is InChI=1S/C23H26N2/c1-15-10-12-20(17(3)16(15)2)23(24)22-14-19(25(4)5)11-13-21(22)18-8-6-7-9-18/h6-14,18,24H,1-5H3. The van der Waals surface area contributed by atoms with E-state index < -0.39 is 0 Å². The molecule has 0 radical (unpaired) electrons. The molecule has 3 rings (SSSR count). The summed E-state index contributed by atoms with van der Waals surface area (Å²) in [7, 11) is 4.08. The third kappa shape index (κ3) is 3.17. The smallest absolute Gasteiger partial charge is 0.0691 e. The monoisotopic (exact) mass is 330 g/mol. The fourth-order valence-electron chi connectivity index (χ4n) is 3.34. The first kappa shape index (κ1) is 17.2. The van der Waals surface area contributed by atoms with Gasteiger partial charge in [0.1, 0.15) is 0 Å². The maximum absolute atomic E-state index is 8.95. The molecule has 2 aromatic rings. The van der Waals surface area contributed by atoms with E-state index in [4.69, 9.17) is 5.41 Å². The topological polar surface area (TPSA) is 27.1 Å². The van der Waals surface area contributed by atoms with Gasteiger partial charge in [0.05, 0.1) is 5.71 Å². The summed E-state index contributed by atoms with van der Waals surface area (Å²) in [6.07, 6.45) is 8.54. The summed E-state index contributed by atoms with van der Waals surface area (Å²) in [4.78, 5) is 2.09. The Morgan fingerprint density at radius 2 is 1.56 bits per heavy atom. The van der Waals surface area contributed by atoms with Gasteiger partial charge in [-0.05, 0) is 55.2 Å². The molecule has 0 aliphatic heterocycles. The molecule has 0 spiro atoms. The van der Waals surface area contributed by atoms with Gasteiger partial charge in [0.25, 0.3) is 0 Å². The van der Waals surface area contributed by atoms with Gasteiger partial charge in [-0.3, -0.25) is 5.41 Å². The summed E-state index contributed by atoms with van der Waals surface area (Å²) in [5.41, 5.74) is 8.70. The first-order chi connectivity index (χ1) is 11.9. The van der Waals surface area contributed by atoms with E-state index >= 15 is 0 Å². The van der Waals surface area contributed by atoms with Crippen molar-refractivity contribution in [3.05, 3.63) is 88.0 Å². The Bertz CT molecular complexity index is 873. The van der Waals surface area contributed by atoms with Crippen molar-refractivity contribution in [2.75, 3.05) is 19.0 Å². The zero-order valence-electron chi connectivity index (χ0n) is 15.7. The van der Waals surface area contributed by atoms with Crippen LogP contribution in [0, 0.1) is 26.2 Å². The van der Waals surface area contributed by atoms with Crippen LogP contribution >= 0.6 is 0 Å². The normalized spacial score (nSPS) is 13.5. The van der Waals surface area contributed by atoms with Crippen molar-refractivity contribution in [2.24, 2.45) is 0 Å². The number of hydrogen-bond acceptors (Lipinski definition) is 2. The number of nitrogens with zero attached hydrogens (tertiary/aromatic N) is 1. The van der Waals surface area contributed by atoms with Crippen LogP contribution in [0.15, 0.2) is 54.6 Å². The highest BCUT2D eigenvalue weighted by Crippen LogP contribution is 2.31. The molecule has 0 aromatic heterocycles. The van der Waals surface area contributed by atoms with Crippen LogP contribution in [0.25, 0.3) is 0 Å². The summed E-state index contributed by atoms with van der Waals surface area (Å²) in [6, 6.07) is 10.7. The van der Waals surface area contributed by atoms with Crippen LogP contribution in [0.3, 0.4) is 0 Å². The fraction of sp³-hybridized carbons (Fsp3) is 0.261. The van der Waals surface area contributed by atoms with Crippen LogP contribution in [0.1, 0.15) is 39.3 Å². The van der Waals surface area contributed by atoms with Crippen LogP contribution in [0.5, 0.6) is 0 Å². The molecule has 2 heteroatoms. The van der Waals surface area contributed by atoms with Crippen LogP contribution in [-0.2, 0) is 0 Å². The number of aryl methyl sites for hydroxylation is 1. The van der Waals surface area contributed by atoms with Gasteiger partial charge >= 0.3 is 0 Å². The van der Waals surface area contributed by atoms with Crippen molar-refractivity contribution in [3.63, 3.8) is 0 Å². The molecule has 0 heterocycles. The number of nitrogens with one attached hydrogen (secondary N) is 1. The minimum atomic E-state index is 0.249. The molecule has 0 unspecified atom stereocenters. The average molecular weight is 330 g/mol. The largest absolute Gasteiger partial charge is 0.378 e. The maximum Gasteiger partial charge on any atom is 0.0691 e. The molecule has 1 N–H and O–H groups in total. The molecule has 0 bridgehead atoms. The van der Waals surface area contributed by atoms with Gasteiger partial charge in [0.15, 0.2) is 0 Å². The highest BCUT2D eigenvalue weighted by atomic mass is 15.1. The van der Waals surface area contributed by atoms with Crippen molar-refractivity contribution in [1.82, 2.24) is 0 Å².